The highest BCUT2D eigenvalue weighted by Crippen LogP contribution is 2.24. The summed E-state index contributed by atoms with van der Waals surface area (Å²) in [6.07, 6.45) is 0. The van der Waals surface area contributed by atoms with Crippen LogP contribution in [0.3, 0.4) is 0 Å². The van der Waals surface area contributed by atoms with Crippen molar-refractivity contribution in [3.8, 4) is 5.69 Å². The van der Waals surface area contributed by atoms with Gasteiger partial charge in [0.25, 0.3) is 5.91 Å². The van der Waals surface area contributed by atoms with Crippen LogP contribution in [0.15, 0.2) is 42.5 Å². The fourth-order valence-corrected chi connectivity index (χ4v) is 3.14. The number of benzene rings is 1. The molecule has 112 valence electrons. The maximum atomic E-state index is 12.3. The van der Waals surface area contributed by atoms with Gasteiger partial charge in [-0.1, -0.05) is 18.2 Å². The van der Waals surface area contributed by atoms with E-state index in [0.29, 0.717) is 4.88 Å². The number of nitrogens with zero attached hydrogens (tertiary/aromatic N) is 2. The first-order valence-corrected chi connectivity index (χ1v) is 7.87. The van der Waals surface area contributed by atoms with Crippen LogP contribution in [0.5, 0.6) is 0 Å². The minimum Gasteiger partial charge on any atom is -0.318 e. The summed E-state index contributed by atoms with van der Waals surface area (Å²) in [6, 6.07) is 13.7. The van der Waals surface area contributed by atoms with Crippen molar-refractivity contribution in [2.24, 2.45) is 0 Å². The zero-order valence-electron chi connectivity index (χ0n) is 12.8. The molecule has 0 fully saturated rings. The van der Waals surface area contributed by atoms with Crippen molar-refractivity contribution in [3.63, 3.8) is 0 Å². The minimum atomic E-state index is -0.0862. The highest BCUT2D eigenvalue weighted by atomic mass is 32.1. The Morgan fingerprint density at radius 2 is 1.82 bits per heavy atom. The van der Waals surface area contributed by atoms with Gasteiger partial charge in [-0.25, -0.2) is 4.68 Å². The van der Waals surface area contributed by atoms with Crippen molar-refractivity contribution in [3.05, 3.63) is 63.6 Å². The monoisotopic (exact) mass is 311 g/mol. The number of amides is 1. The molecule has 1 aromatic carbocycles. The third-order valence-corrected chi connectivity index (χ3v) is 4.49. The smallest absolute Gasteiger partial charge is 0.265 e. The van der Waals surface area contributed by atoms with Crippen molar-refractivity contribution in [2.45, 2.75) is 20.8 Å². The summed E-state index contributed by atoms with van der Waals surface area (Å²) in [4.78, 5) is 14.2. The van der Waals surface area contributed by atoms with Crippen LogP contribution in [0, 0.1) is 20.8 Å². The molecule has 0 saturated heterocycles. The number of hydrogen-bond acceptors (Lipinski definition) is 3. The van der Waals surface area contributed by atoms with Gasteiger partial charge in [-0.3, -0.25) is 4.79 Å². The molecule has 3 aromatic rings. The van der Waals surface area contributed by atoms with Crippen LogP contribution >= 0.6 is 11.3 Å². The Labute approximate surface area is 133 Å². The number of thiophene rings is 1. The zero-order chi connectivity index (χ0) is 15.7. The molecule has 0 aliphatic carbocycles. The second-order valence-corrected chi connectivity index (χ2v) is 6.45. The summed E-state index contributed by atoms with van der Waals surface area (Å²) in [5.74, 6) is -0.0862. The predicted octanol–water partition coefficient (Wildman–Crippen LogP) is 4.11. The maximum Gasteiger partial charge on any atom is 0.265 e. The van der Waals surface area contributed by atoms with Gasteiger partial charge in [-0.05, 0) is 45.0 Å². The van der Waals surface area contributed by atoms with E-state index in [1.807, 2.05) is 67.9 Å². The van der Waals surface area contributed by atoms with Gasteiger partial charge < -0.3 is 5.32 Å². The van der Waals surface area contributed by atoms with E-state index in [0.717, 1.165) is 27.6 Å². The van der Waals surface area contributed by atoms with Crippen LogP contribution in [0.1, 0.15) is 25.9 Å². The molecule has 0 spiro atoms. The number of nitrogens with one attached hydrogen (secondary N) is 1. The standard InChI is InChI=1S/C17H17N3OS/c1-11-9-10-15(22-11)17(21)18-16-12(2)19-20(13(16)3)14-7-5-4-6-8-14/h4-10H,1-3H3,(H,18,21). The Morgan fingerprint density at radius 1 is 1.09 bits per heavy atom. The molecule has 0 bridgehead atoms. The van der Waals surface area contributed by atoms with Crippen molar-refractivity contribution in [2.75, 3.05) is 5.32 Å². The van der Waals surface area contributed by atoms with E-state index >= 15 is 0 Å². The summed E-state index contributed by atoms with van der Waals surface area (Å²) in [6.45, 7) is 5.86. The van der Waals surface area contributed by atoms with E-state index in [4.69, 9.17) is 0 Å². The molecule has 2 heterocycles. The molecular formula is C17H17N3OS. The van der Waals surface area contributed by atoms with Crippen molar-refractivity contribution in [1.82, 2.24) is 9.78 Å². The number of carbonyl (C=O) groups is 1. The molecule has 1 N–H and O–H groups in total. The molecule has 0 atom stereocenters. The second kappa shape index (κ2) is 5.77. The summed E-state index contributed by atoms with van der Waals surface area (Å²) in [5, 5.41) is 7.52. The fourth-order valence-electron chi connectivity index (χ4n) is 2.38. The van der Waals surface area contributed by atoms with Crippen LogP contribution in [0.25, 0.3) is 5.69 Å². The first kappa shape index (κ1) is 14.5. The molecular weight excluding hydrogens is 294 g/mol. The Kier molecular flexibility index (Phi) is 3.81. The third-order valence-electron chi connectivity index (χ3n) is 3.49. The third kappa shape index (κ3) is 2.67. The fraction of sp³-hybridized carbons (Fsp3) is 0.176. The van der Waals surface area contributed by atoms with E-state index in [9.17, 15) is 4.79 Å². The SMILES string of the molecule is Cc1ccc(C(=O)Nc2c(C)nn(-c3ccccc3)c2C)s1. The average molecular weight is 311 g/mol. The molecule has 2 aromatic heterocycles. The molecule has 4 nitrogen and oxygen atoms in total. The predicted molar refractivity (Wildman–Crippen MR) is 90.0 cm³/mol. The normalized spacial score (nSPS) is 10.7. The van der Waals surface area contributed by atoms with Crippen LogP contribution in [-0.4, -0.2) is 15.7 Å². The molecule has 0 saturated carbocycles. The van der Waals surface area contributed by atoms with Gasteiger partial charge in [-0.15, -0.1) is 11.3 Å². The van der Waals surface area contributed by atoms with Gasteiger partial charge in [0.05, 0.1) is 27.6 Å². The molecule has 22 heavy (non-hydrogen) atoms. The van der Waals surface area contributed by atoms with Crippen LogP contribution < -0.4 is 5.32 Å². The minimum absolute atomic E-state index is 0.0862. The van der Waals surface area contributed by atoms with Gasteiger partial charge in [0.15, 0.2) is 0 Å². The van der Waals surface area contributed by atoms with E-state index in [1.165, 1.54) is 11.3 Å². The Balaban J connectivity index is 1.92. The van der Waals surface area contributed by atoms with Gasteiger partial charge in [-0.2, -0.15) is 5.10 Å². The van der Waals surface area contributed by atoms with Gasteiger partial charge >= 0.3 is 0 Å². The molecule has 0 unspecified atom stereocenters. The molecule has 5 heteroatoms. The van der Waals surface area contributed by atoms with Gasteiger partial charge in [0.2, 0.25) is 0 Å². The lowest BCUT2D eigenvalue weighted by atomic mass is 10.3. The van der Waals surface area contributed by atoms with Crippen molar-refractivity contribution >= 4 is 22.9 Å². The molecule has 0 radical (unpaired) electrons. The number of aryl methyl sites for hydroxylation is 2. The molecule has 0 aliphatic heterocycles. The second-order valence-electron chi connectivity index (χ2n) is 5.16. The topological polar surface area (TPSA) is 46.9 Å². The quantitative estimate of drug-likeness (QED) is 0.791. The van der Waals surface area contributed by atoms with Crippen LogP contribution in [-0.2, 0) is 0 Å². The lowest BCUT2D eigenvalue weighted by molar-refractivity contribution is 0.103. The number of aromatic nitrogens is 2. The van der Waals surface area contributed by atoms with E-state index in [2.05, 4.69) is 10.4 Å². The number of para-hydroxylation sites is 1. The molecule has 1 amide bonds. The van der Waals surface area contributed by atoms with Gasteiger partial charge in [0, 0.05) is 4.88 Å². The highest BCUT2D eigenvalue weighted by molar-refractivity contribution is 7.14. The van der Waals surface area contributed by atoms with Crippen LogP contribution in [0.4, 0.5) is 5.69 Å². The lowest BCUT2D eigenvalue weighted by Gasteiger charge is -2.06. The Hall–Kier alpha value is -2.40. The summed E-state index contributed by atoms with van der Waals surface area (Å²) in [5.41, 5.74) is 3.49. The van der Waals surface area contributed by atoms with E-state index in [1.54, 1.807) is 0 Å². The van der Waals surface area contributed by atoms with Crippen LogP contribution in [0.2, 0.25) is 0 Å². The largest absolute Gasteiger partial charge is 0.318 e. The Morgan fingerprint density at radius 3 is 2.45 bits per heavy atom. The highest BCUT2D eigenvalue weighted by Gasteiger charge is 2.16. The summed E-state index contributed by atoms with van der Waals surface area (Å²) < 4.78 is 1.85. The maximum absolute atomic E-state index is 12.3. The summed E-state index contributed by atoms with van der Waals surface area (Å²) in [7, 11) is 0. The summed E-state index contributed by atoms with van der Waals surface area (Å²) >= 11 is 1.49. The lowest BCUT2D eigenvalue weighted by Crippen LogP contribution is -2.11. The number of carbonyl (C=O) groups excluding carboxylic acids is 1. The molecule has 0 aliphatic rings. The zero-order valence-corrected chi connectivity index (χ0v) is 13.6. The van der Waals surface area contributed by atoms with E-state index in [-0.39, 0.29) is 5.91 Å². The number of anilines is 1. The first-order chi connectivity index (χ1) is 10.6. The number of hydrogen-bond donors (Lipinski definition) is 1. The van der Waals surface area contributed by atoms with Gasteiger partial charge in [0.1, 0.15) is 0 Å². The van der Waals surface area contributed by atoms with Crippen molar-refractivity contribution in [1.29, 1.82) is 0 Å². The first-order valence-electron chi connectivity index (χ1n) is 7.05. The average Bonchev–Trinajstić information content (AvgIpc) is 3.07. The van der Waals surface area contributed by atoms with E-state index < -0.39 is 0 Å². The Bertz CT molecular complexity index is 818. The number of rotatable bonds is 3. The molecule has 3 rings (SSSR count). The van der Waals surface area contributed by atoms with Crippen molar-refractivity contribution < 1.29 is 4.79 Å².